The second-order valence-corrected chi connectivity index (χ2v) is 8.72. The SMILES string of the molecule is COC(=O)Oc1ccc2c(c1)[C@@H](NS(=O)N(C)C)CCc1cc(OC)c(OC)c(OC)c1-2. The summed E-state index contributed by atoms with van der Waals surface area (Å²) in [6, 6.07) is 6.93. The first-order valence-electron chi connectivity index (χ1n) is 9.91. The molecule has 1 aliphatic rings. The van der Waals surface area contributed by atoms with Crippen LogP contribution >= 0.6 is 0 Å². The summed E-state index contributed by atoms with van der Waals surface area (Å²) in [6.07, 6.45) is 0.486. The van der Waals surface area contributed by atoms with Gasteiger partial charge < -0.3 is 23.7 Å². The van der Waals surface area contributed by atoms with Crippen LogP contribution in [0.15, 0.2) is 24.3 Å². The number of hydrogen-bond donors (Lipinski definition) is 1. The maximum absolute atomic E-state index is 12.6. The summed E-state index contributed by atoms with van der Waals surface area (Å²) in [5, 5.41) is 0. The molecule has 0 aromatic heterocycles. The van der Waals surface area contributed by atoms with Gasteiger partial charge in [-0.3, -0.25) is 0 Å². The number of carbonyl (C=O) groups is 1. The van der Waals surface area contributed by atoms with Crippen LogP contribution in [0.25, 0.3) is 11.1 Å². The van der Waals surface area contributed by atoms with E-state index in [1.165, 1.54) is 7.11 Å². The van der Waals surface area contributed by atoms with E-state index < -0.39 is 17.3 Å². The summed E-state index contributed by atoms with van der Waals surface area (Å²) >= 11 is -1.42. The molecule has 0 amide bonds. The van der Waals surface area contributed by atoms with Crippen molar-refractivity contribution in [3.63, 3.8) is 0 Å². The maximum Gasteiger partial charge on any atom is 0.513 e. The molecule has 9 nitrogen and oxygen atoms in total. The predicted molar refractivity (Wildman–Crippen MR) is 121 cm³/mol. The lowest BCUT2D eigenvalue weighted by molar-refractivity contribution is 0.121. The fourth-order valence-corrected chi connectivity index (χ4v) is 4.46. The summed E-state index contributed by atoms with van der Waals surface area (Å²) in [4.78, 5) is 11.7. The first kappa shape index (κ1) is 23.8. The number of rotatable bonds is 7. The van der Waals surface area contributed by atoms with E-state index in [4.69, 9.17) is 18.9 Å². The summed E-state index contributed by atoms with van der Waals surface area (Å²) in [5.74, 6) is 1.91. The molecular formula is C22H28N2O7S. The van der Waals surface area contributed by atoms with E-state index in [-0.39, 0.29) is 6.04 Å². The summed E-state index contributed by atoms with van der Waals surface area (Å²) in [6.45, 7) is 0. The first-order valence-corrected chi connectivity index (χ1v) is 11.0. The Hall–Kier alpha value is -2.82. The van der Waals surface area contributed by atoms with Crippen LogP contribution in [0.4, 0.5) is 4.79 Å². The number of methoxy groups -OCH3 is 4. The fourth-order valence-electron chi connectivity index (χ4n) is 3.76. The first-order chi connectivity index (χ1) is 15.3. The standard InChI is InChI=1S/C22H28N2O7S/c1-24(2)32(26)23-17-10-7-13-11-18(27-3)20(28-4)21(29-5)19(13)15-9-8-14(12-16(15)17)31-22(25)30-6/h8-9,11-12,17,23H,7,10H2,1-6H3/t17-,32?/m0/s1. The van der Waals surface area contributed by atoms with Gasteiger partial charge in [-0.05, 0) is 47.7 Å². The van der Waals surface area contributed by atoms with Gasteiger partial charge in [-0.25, -0.2) is 18.0 Å². The van der Waals surface area contributed by atoms with Gasteiger partial charge >= 0.3 is 6.16 Å². The average molecular weight is 465 g/mol. The van der Waals surface area contributed by atoms with Crippen molar-refractivity contribution in [1.29, 1.82) is 0 Å². The Balaban J connectivity index is 2.23. The molecule has 3 rings (SSSR count). The number of nitrogens with one attached hydrogen (secondary N) is 1. The second-order valence-electron chi connectivity index (χ2n) is 7.26. The lowest BCUT2D eigenvalue weighted by Gasteiger charge is -2.22. The number of nitrogens with zero attached hydrogens (tertiary/aromatic N) is 1. The highest BCUT2D eigenvalue weighted by Gasteiger charge is 2.30. The highest BCUT2D eigenvalue weighted by molar-refractivity contribution is 7.80. The zero-order chi connectivity index (χ0) is 23.4. The molecule has 2 aromatic rings. The van der Waals surface area contributed by atoms with E-state index in [0.29, 0.717) is 35.8 Å². The molecular weight excluding hydrogens is 436 g/mol. The Morgan fingerprint density at radius 1 is 1.06 bits per heavy atom. The smallest absolute Gasteiger partial charge is 0.493 e. The van der Waals surface area contributed by atoms with Crippen LogP contribution in [0.3, 0.4) is 0 Å². The van der Waals surface area contributed by atoms with Gasteiger partial charge in [-0.1, -0.05) is 6.07 Å². The Morgan fingerprint density at radius 3 is 2.38 bits per heavy atom. The van der Waals surface area contributed by atoms with Crippen molar-refractivity contribution in [3.05, 3.63) is 35.4 Å². The van der Waals surface area contributed by atoms with Crippen molar-refractivity contribution in [2.75, 3.05) is 42.5 Å². The number of ether oxygens (including phenoxy) is 5. The molecule has 0 saturated heterocycles. The van der Waals surface area contributed by atoms with Crippen LogP contribution < -0.4 is 23.7 Å². The van der Waals surface area contributed by atoms with Gasteiger partial charge in [0.15, 0.2) is 22.7 Å². The van der Waals surface area contributed by atoms with Crippen LogP contribution in [-0.4, -0.2) is 57.2 Å². The number of aryl methyl sites for hydroxylation is 1. The highest BCUT2D eigenvalue weighted by atomic mass is 32.2. The molecule has 2 atom stereocenters. The van der Waals surface area contributed by atoms with Gasteiger partial charge in [-0.15, -0.1) is 0 Å². The zero-order valence-corrected chi connectivity index (χ0v) is 19.8. The van der Waals surface area contributed by atoms with Crippen LogP contribution in [0, 0.1) is 0 Å². The van der Waals surface area contributed by atoms with Gasteiger partial charge in [0.25, 0.3) is 0 Å². The van der Waals surface area contributed by atoms with Crippen molar-refractivity contribution in [1.82, 2.24) is 9.03 Å². The maximum atomic E-state index is 12.6. The van der Waals surface area contributed by atoms with Crippen molar-refractivity contribution >= 4 is 17.3 Å². The normalized spacial score (nSPS) is 15.8. The van der Waals surface area contributed by atoms with E-state index in [9.17, 15) is 9.00 Å². The number of carbonyl (C=O) groups excluding carboxylic acids is 1. The predicted octanol–water partition coefficient (Wildman–Crippen LogP) is 3.24. The molecule has 1 unspecified atom stereocenters. The molecule has 32 heavy (non-hydrogen) atoms. The van der Waals surface area contributed by atoms with E-state index in [1.54, 1.807) is 51.9 Å². The molecule has 10 heteroatoms. The topological polar surface area (TPSA) is 95.6 Å². The molecule has 174 valence electrons. The van der Waals surface area contributed by atoms with E-state index >= 15 is 0 Å². The van der Waals surface area contributed by atoms with Crippen molar-refractivity contribution in [2.45, 2.75) is 18.9 Å². The minimum absolute atomic E-state index is 0.288. The molecule has 1 N–H and O–H groups in total. The Bertz CT molecular complexity index is 1030. The van der Waals surface area contributed by atoms with Gasteiger partial charge in [-0.2, -0.15) is 0 Å². The van der Waals surface area contributed by atoms with Gasteiger partial charge in [0, 0.05) is 25.7 Å². The van der Waals surface area contributed by atoms with E-state index in [2.05, 4.69) is 9.46 Å². The summed E-state index contributed by atoms with van der Waals surface area (Å²) < 4.78 is 44.1. The van der Waals surface area contributed by atoms with Crippen LogP contribution in [0.5, 0.6) is 23.0 Å². The molecule has 2 aromatic carbocycles. The van der Waals surface area contributed by atoms with Crippen molar-refractivity contribution < 1.29 is 32.7 Å². The van der Waals surface area contributed by atoms with Crippen LogP contribution in [0.2, 0.25) is 0 Å². The quantitative estimate of drug-likeness (QED) is 0.496. The molecule has 0 aliphatic heterocycles. The highest BCUT2D eigenvalue weighted by Crippen LogP contribution is 2.50. The largest absolute Gasteiger partial charge is 0.513 e. The minimum atomic E-state index is -1.42. The molecule has 0 bridgehead atoms. The fraction of sp³-hybridized carbons (Fsp3) is 0.409. The van der Waals surface area contributed by atoms with Crippen molar-refractivity contribution in [2.24, 2.45) is 0 Å². The Morgan fingerprint density at radius 2 is 1.78 bits per heavy atom. The van der Waals surface area contributed by atoms with Crippen LogP contribution in [0.1, 0.15) is 23.6 Å². The lowest BCUT2D eigenvalue weighted by atomic mass is 9.93. The summed E-state index contributed by atoms with van der Waals surface area (Å²) in [7, 11) is 9.42. The van der Waals surface area contributed by atoms with Gasteiger partial charge in [0.2, 0.25) is 5.75 Å². The third-order valence-electron chi connectivity index (χ3n) is 5.22. The molecule has 0 saturated carbocycles. The van der Waals surface area contributed by atoms with Gasteiger partial charge in [0.1, 0.15) is 5.75 Å². The third kappa shape index (κ3) is 4.67. The molecule has 0 radical (unpaired) electrons. The summed E-state index contributed by atoms with van der Waals surface area (Å²) in [5.41, 5.74) is 3.51. The average Bonchev–Trinajstić information content (AvgIpc) is 2.94. The number of hydrogen-bond acceptors (Lipinski definition) is 7. The molecule has 0 fully saturated rings. The van der Waals surface area contributed by atoms with Crippen molar-refractivity contribution in [3.8, 4) is 34.1 Å². The number of fused-ring (bicyclic) bond motifs is 3. The second kappa shape index (κ2) is 10.2. The number of benzene rings is 2. The zero-order valence-electron chi connectivity index (χ0n) is 19.0. The molecule has 0 spiro atoms. The molecule has 0 heterocycles. The Kier molecular flexibility index (Phi) is 7.60. The molecule has 1 aliphatic carbocycles. The van der Waals surface area contributed by atoms with Crippen LogP contribution in [-0.2, 0) is 22.3 Å². The van der Waals surface area contributed by atoms with E-state index in [1.807, 2.05) is 12.1 Å². The third-order valence-corrected chi connectivity index (χ3v) is 6.37. The van der Waals surface area contributed by atoms with E-state index in [0.717, 1.165) is 22.3 Å². The lowest BCUT2D eigenvalue weighted by Crippen LogP contribution is -2.32. The minimum Gasteiger partial charge on any atom is -0.493 e. The van der Waals surface area contributed by atoms with Gasteiger partial charge in [0.05, 0.1) is 28.4 Å². The Labute approximate surface area is 190 Å². The monoisotopic (exact) mass is 464 g/mol.